The second-order valence-electron chi connectivity index (χ2n) is 6.20. The summed E-state index contributed by atoms with van der Waals surface area (Å²) in [5.41, 5.74) is 0.263. The maximum absolute atomic E-state index is 12.5. The third-order valence-electron chi connectivity index (χ3n) is 4.50. The predicted molar refractivity (Wildman–Crippen MR) is 104 cm³/mol. The third kappa shape index (κ3) is 4.45. The molecule has 2 aromatic rings. The number of carbonyl (C=O) groups is 3. The topological polar surface area (TPSA) is 101 Å². The molecule has 29 heavy (non-hydrogen) atoms. The molecule has 10 heteroatoms. The highest BCUT2D eigenvalue weighted by atomic mass is 35.5. The predicted octanol–water partition coefficient (Wildman–Crippen LogP) is 1.87. The van der Waals surface area contributed by atoms with E-state index in [1.54, 1.807) is 17.0 Å². The highest BCUT2D eigenvalue weighted by molar-refractivity contribution is 6.40. The summed E-state index contributed by atoms with van der Waals surface area (Å²) in [4.78, 5) is 40.2. The van der Waals surface area contributed by atoms with Gasteiger partial charge in [0.25, 0.3) is 5.91 Å². The van der Waals surface area contributed by atoms with Gasteiger partial charge in [0, 0.05) is 38.3 Å². The molecule has 0 bridgehead atoms. The van der Waals surface area contributed by atoms with E-state index in [1.807, 2.05) is 0 Å². The molecule has 0 radical (unpaired) electrons. The van der Waals surface area contributed by atoms with Crippen molar-refractivity contribution in [2.45, 2.75) is 0 Å². The Bertz CT molecular complexity index is 907. The molecule has 0 atom stereocenters. The molecule has 0 aliphatic carbocycles. The minimum atomic E-state index is -0.821. The number of anilines is 1. The lowest BCUT2D eigenvalue weighted by atomic mass is 10.2. The molecule has 1 aliphatic heterocycles. The van der Waals surface area contributed by atoms with Gasteiger partial charge in [0.15, 0.2) is 5.76 Å². The Hall–Kier alpha value is -3.20. The van der Waals surface area contributed by atoms with Crippen LogP contribution in [0.5, 0.6) is 11.5 Å². The SMILES string of the molecule is COc1cc(NC(=O)C(=O)N2CCN(C(=O)c3ccco3)CC2)c(OC)cc1Cl. The van der Waals surface area contributed by atoms with Crippen LogP contribution < -0.4 is 14.8 Å². The standard InChI is InChI=1S/C19H20ClN3O6/c1-27-15-11-13(16(28-2)10-12(15)20)21-17(24)19(26)23-7-5-22(6-8-23)18(25)14-4-3-9-29-14/h3-4,9-11H,5-8H2,1-2H3,(H,21,24). The summed E-state index contributed by atoms with van der Waals surface area (Å²) in [7, 11) is 2.86. The number of benzene rings is 1. The number of hydrogen-bond donors (Lipinski definition) is 1. The molecule has 1 aliphatic rings. The number of ether oxygens (including phenoxy) is 2. The largest absolute Gasteiger partial charge is 0.495 e. The van der Waals surface area contributed by atoms with Crippen molar-refractivity contribution in [2.75, 3.05) is 45.7 Å². The van der Waals surface area contributed by atoms with Gasteiger partial charge in [0.05, 0.1) is 31.2 Å². The summed E-state index contributed by atoms with van der Waals surface area (Å²) in [6.45, 7) is 1.08. The van der Waals surface area contributed by atoms with Crippen LogP contribution in [0.25, 0.3) is 0 Å². The average Bonchev–Trinajstić information content (AvgIpc) is 3.28. The summed E-state index contributed by atoms with van der Waals surface area (Å²) in [6, 6.07) is 6.18. The number of methoxy groups -OCH3 is 2. The fourth-order valence-electron chi connectivity index (χ4n) is 2.95. The van der Waals surface area contributed by atoms with Crippen molar-refractivity contribution in [3.8, 4) is 11.5 Å². The quantitative estimate of drug-likeness (QED) is 0.756. The fourth-order valence-corrected chi connectivity index (χ4v) is 3.18. The van der Waals surface area contributed by atoms with Crippen LogP contribution in [0.15, 0.2) is 34.9 Å². The number of rotatable bonds is 4. The molecule has 1 aromatic carbocycles. The minimum Gasteiger partial charge on any atom is -0.495 e. The number of amides is 3. The summed E-state index contributed by atoms with van der Waals surface area (Å²) < 4.78 is 15.4. The second-order valence-corrected chi connectivity index (χ2v) is 6.61. The summed E-state index contributed by atoms with van der Waals surface area (Å²) in [5.74, 6) is -0.897. The molecule has 0 unspecified atom stereocenters. The van der Waals surface area contributed by atoms with E-state index in [-0.39, 0.29) is 30.4 Å². The minimum absolute atomic E-state index is 0.236. The van der Waals surface area contributed by atoms with Gasteiger partial charge in [-0.25, -0.2) is 0 Å². The van der Waals surface area contributed by atoms with Crippen LogP contribution in [-0.4, -0.2) is 67.9 Å². The highest BCUT2D eigenvalue weighted by Gasteiger charge is 2.29. The third-order valence-corrected chi connectivity index (χ3v) is 4.80. The smallest absolute Gasteiger partial charge is 0.314 e. The van der Waals surface area contributed by atoms with Gasteiger partial charge < -0.3 is 29.0 Å². The van der Waals surface area contributed by atoms with E-state index in [2.05, 4.69) is 5.32 Å². The molecular weight excluding hydrogens is 402 g/mol. The Morgan fingerprint density at radius 3 is 2.28 bits per heavy atom. The van der Waals surface area contributed by atoms with Gasteiger partial charge in [-0.2, -0.15) is 0 Å². The average molecular weight is 422 g/mol. The molecular formula is C19H20ClN3O6. The zero-order valence-corrected chi connectivity index (χ0v) is 16.7. The second kappa shape index (κ2) is 8.87. The van der Waals surface area contributed by atoms with Gasteiger partial charge in [-0.05, 0) is 12.1 Å². The van der Waals surface area contributed by atoms with Crippen LogP contribution in [0.4, 0.5) is 5.69 Å². The Kier molecular flexibility index (Phi) is 6.28. The first-order valence-corrected chi connectivity index (χ1v) is 9.17. The van der Waals surface area contributed by atoms with Crippen molar-refractivity contribution in [1.82, 2.24) is 9.80 Å². The highest BCUT2D eigenvalue weighted by Crippen LogP contribution is 2.35. The van der Waals surface area contributed by atoms with E-state index in [0.29, 0.717) is 29.6 Å². The molecule has 0 spiro atoms. The maximum Gasteiger partial charge on any atom is 0.314 e. The Balaban J connectivity index is 1.62. The van der Waals surface area contributed by atoms with Crippen LogP contribution in [0, 0.1) is 0 Å². The summed E-state index contributed by atoms with van der Waals surface area (Å²) >= 11 is 6.05. The lowest BCUT2D eigenvalue weighted by Crippen LogP contribution is -2.52. The Morgan fingerprint density at radius 2 is 1.69 bits per heavy atom. The van der Waals surface area contributed by atoms with Crippen LogP contribution in [-0.2, 0) is 9.59 Å². The first-order chi connectivity index (χ1) is 13.9. The molecule has 3 amide bonds. The number of hydrogen-bond acceptors (Lipinski definition) is 6. The number of nitrogens with zero attached hydrogens (tertiary/aromatic N) is 2. The van der Waals surface area contributed by atoms with Crippen molar-refractivity contribution in [3.63, 3.8) is 0 Å². The molecule has 2 heterocycles. The number of furan rings is 1. The molecule has 1 N–H and O–H groups in total. The van der Waals surface area contributed by atoms with E-state index in [4.69, 9.17) is 25.5 Å². The number of nitrogens with one attached hydrogen (secondary N) is 1. The number of piperazine rings is 1. The zero-order valence-electron chi connectivity index (χ0n) is 15.9. The van der Waals surface area contributed by atoms with E-state index in [0.717, 1.165) is 0 Å². The zero-order chi connectivity index (χ0) is 21.0. The Labute approximate surface area is 172 Å². The summed E-state index contributed by atoms with van der Waals surface area (Å²) in [6.07, 6.45) is 1.43. The van der Waals surface area contributed by atoms with Crippen molar-refractivity contribution in [2.24, 2.45) is 0 Å². The van der Waals surface area contributed by atoms with E-state index < -0.39 is 11.8 Å². The molecule has 0 saturated carbocycles. The molecule has 3 rings (SSSR count). The van der Waals surface area contributed by atoms with Crippen molar-refractivity contribution >= 4 is 35.0 Å². The van der Waals surface area contributed by atoms with Crippen LogP contribution >= 0.6 is 11.6 Å². The van der Waals surface area contributed by atoms with E-state index in [9.17, 15) is 14.4 Å². The van der Waals surface area contributed by atoms with Gasteiger partial charge in [-0.15, -0.1) is 0 Å². The molecule has 1 saturated heterocycles. The van der Waals surface area contributed by atoms with Gasteiger partial charge >= 0.3 is 11.8 Å². The fraction of sp³-hybridized carbons (Fsp3) is 0.316. The van der Waals surface area contributed by atoms with Crippen LogP contribution in [0.3, 0.4) is 0 Å². The van der Waals surface area contributed by atoms with Gasteiger partial charge in [-0.1, -0.05) is 11.6 Å². The molecule has 9 nitrogen and oxygen atoms in total. The normalized spacial score (nSPS) is 13.8. The molecule has 1 aromatic heterocycles. The number of carbonyl (C=O) groups excluding carboxylic acids is 3. The van der Waals surface area contributed by atoms with Crippen LogP contribution in [0.1, 0.15) is 10.6 Å². The van der Waals surface area contributed by atoms with Crippen LogP contribution in [0.2, 0.25) is 5.02 Å². The van der Waals surface area contributed by atoms with Crippen molar-refractivity contribution in [1.29, 1.82) is 0 Å². The molecule has 154 valence electrons. The van der Waals surface area contributed by atoms with E-state index >= 15 is 0 Å². The Morgan fingerprint density at radius 1 is 1.03 bits per heavy atom. The van der Waals surface area contributed by atoms with Crippen molar-refractivity contribution in [3.05, 3.63) is 41.3 Å². The monoisotopic (exact) mass is 421 g/mol. The lowest BCUT2D eigenvalue weighted by Gasteiger charge is -2.33. The van der Waals surface area contributed by atoms with Gasteiger partial charge in [-0.3, -0.25) is 14.4 Å². The van der Waals surface area contributed by atoms with Gasteiger partial charge in [0.2, 0.25) is 0 Å². The molecule has 1 fully saturated rings. The van der Waals surface area contributed by atoms with Crippen molar-refractivity contribution < 1.29 is 28.3 Å². The first kappa shape index (κ1) is 20.5. The summed E-state index contributed by atoms with van der Waals surface area (Å²) in [5, 5.41) is 2.84. The lowest BCUT2D eigenvalue weighted by molar-refractivity contribution is -0.144. The first-order valence-electron chi connectivity index (χ1n) is 8.79. The maximum atomic E-state index is 12.5. The van der Waals surface area contributed by atoms with Gasteiger partial charge in [0.1, 0.15) is 11.5 Å². The number of halogens is 1. The van der Waals surface area contributed by atoms with E-state index in [1.165, 1.54) is 37.5 Å².